The minimum atomic E-state index is -1.09. The predicted molar refractivity (Wildman–Crippen MR) is 70.5 cm³/mol. The Hall–Kier alpha value is -2.15. The van der Waals surface area contributed by atoms with Crippen LogP contribution in [0.4, 0.5) is 0 Å². The molecule has 2 aromatic rings. The fraction of sp³-hybridized carbons (Fsp3) is 0.250. The van der Waals surface area contributed by atoms with Crippen LogP contribution in [0.25, 0.3) is 0 Å². The highest BCUT2D eigenvalue weighted by molar-refractivity contribution is 7.09. The molecule has 2 heterocycles. The average Bonchev–Trinajstić information content (AvgIpc) is 2.96. The monoisotopic (exact) mass is 279 g/mol. The number of rotatable bonds is 4. The fourth-order valence-electron chi connectivity index (χ4n) is 1.56. The lowest BCUT2D eigenvalue weighted by Crippen LogP contribution is -2.26. The Labute approximate surface area is 113 Å². The van der Waals surface area contributed by atoms with Crippen LogP contribution in [-0.4, -0.2) is 27.0 Å². The molecular weight excluding hydrogens is 266 g/mol. The molecule has 1 unspecified atom stereocenters. The maximum absolute atomic E-state index is 11.9. The van der Waals surface area contributed by atoms with Gasteiger partial charge in [-0.1, -0.05) is 0 Å². The molecule has 0 saturated carbocycles. The Bertz CT molecular complexity index is 617. The van der Waals surface area contributed by atoms with Crippen LogP contribution in [0.15, 0.2) is 17.6 Å². The summed E-state index contributed by atoms with van der Waals surface area (Å²) in [7, 11) is 0. The van der Waals surface area contributed by atoms with E-state index in [4.69, 9.17) is 5.11 Å². The number of carbonyl (C=O) groups is 2. The van der Waals surface area contributed by atoms with Gasteiger partial charge in [-0.15, -0.1) is 11.3 Å². The Morgan fingerprint density at radius 3 is 2.79 bits per heavy atom. The summed E-state index contributed by atoms with van der Waals surface area (Å²) in [4.78, 5) is 29.5. The van der Waals surface area contributed by atoms with E-state index in [1.54, 1.807) is 0 Å². The summed E-state index contributed by atoms with van der Waals surface area (Å²) >= 11 is 1.48. The minimum Gasteiger partial charge on any atom is -0.477 e. The van der Waals surface area contributed by atoms with Gasteiger partial charge in [0.25, 0.3) is 5.91 Å². The maximum Gasteiger partial charge on any atom is 0.352 e. The summed E-state index contributed by atoms with van der Waals surface area (Å²) < 4.78 is 0. The molecule has 0 saturated heterocycles. The number of carbonyl (C=O) groups excluding carboxylic acids is 1. The van der Waals surface area contributed by atoms with Gasteiger partial charge in [-0.25, -0.2) is 9.78 Å². The molecule has 100 valence electrons. The number of nitrogens with zero attached hydrogens (tertiary/aromatic N) is 1. The van der Waals surface area contributed by atoms with Crippen molar-refractivity contribution in [3.8, 4) is 0 Å². The molecule has 0 aliphatic carbocycles. The number of aromatic nitrogens is 2. The summed E-state index contributed by atoms with van der Waals surface area (Å²) in [6, 6.07) is 1.09. The largest absolute Gasteiger partial charge is 0.477 e. The summed E-state index contributed by atoms with van der Waals surface area (Å²) in [5, 5.41) is 14.3. The summed E-state index contributed by atoms with van der Waals surface area (Å²) in [5.41, 5.74) is 1.19. The number of thiazole rings is 1. The quantitative estimate of drug-likeness (QED) is 0.797. The van der Waals surface area contributed by atoms with E-state index in [-0.39, 0.29) is 23.2 Å². The smallest absolute Gasteiger partial charge is 0.352 e. The normalized spacial score (nSPS) is 12.1. The van der Waals surface area contributed by atoms with Gasteiger partial charge < -0.3 is 15.4 Å². The van der Waals surface area contributed by atoms with Crippen molar-refractivity contribution in [1.29, 1.82) is 0 Å². The lowest BCUT2D eigenvalue weighted by molar-refractivity contribution is 0.0691. The van der Waals surface area contributed by atoms with Crippen molar-refractivity contribution >= 4 is 23.2 Å². The van der Waals surface area contributed by atoms with Gasteiger partial charge >= 0.3 is 5.97 Å². The number of amides is 1. The number of aromatic carboxylic acids is 1. The van der Waals surface area contributed by atoms with Gasteiger partial charge in [0.15, 0.2) is 0 Å². The van der Waals surface area contributed by atoms with Gasteiger partial charge in [0, 0.05) is 17.3 Å². The first-order chi connectivity index (χ1) is 8.97. The lowest BCUT2D eigenvalue weighted by Gasteiger charge is -2.09. The fourth-order valence-corrected chi connectivity index (χ4v) is 2.37. The molecule has 1 atom stereocenters. The van der Waals surface area contributed by atoms with Crippen molar-refractivity contribution in [1.82, 2.24) is 15.3 Å². The van der Waals surface area contributed by atoms with E-state index >= 15 is 0 Å². The molecule has 7 heteroatoms. The summed E-state index contributed by atoms with van der Waals surface area (Å²) in [6.45, 7) is 3.72. The Morgan fingerprint density at radius 1 is 1.53 bits per heavy atom. The van der Waals surface area contributed by atoms with Gasteiger partial charge in [0.2, 0.25) is 0 Å². The number of hydrogen-bond acceptors (Lipinski definition) is 4. The van der Waals surface area contributed by atoms with Crippen LogP contribution in [0.1, 0.15) is 44.5 Å². The lowest BCUT2D eigenvalue weighted by atomic mass is 10.2. The molecule has 0 aromatic carbocycles. The number of H-pyrrole nitrogens is 1. The van der Waals surface area contributed by atoms with Crippen LogP contribution >= 0.6 is 11.3 Å². The first-order valence-corrected chi connectivity index (χ1v) is 6.50. The zero-order chi connectivity index (χ0) is 14.0. The van der Waals surface area contributed by atoms with E-state index in [0.717, 1.165) is 10.7 Å². The Morgan fingerprint density at radius 2 is 2.26 bits per heavy atom. The van der Waals surface area contributed by atoms with Crippen molar-refractivity contribution in [2.45, 2.75) is 19.9 Å². The third-order valence-corrected chi connectivity index (χ3v) is 3.68. The highest BCUT2D eigenvalue weighted by Crippen LogP contribution is 2.18. The van der Waals surface area contributed by atoms with Crippen molar-refractivity contribution in [3.05, 3.63) is 39.6 Å². The third kappa shape index (κ3) is 3.00. The van der Waals surface area contributed by atoms with Gasteiger partial charge in [-0.3, -0.25) is 4.79 Å². The molecular formula is C12H13N3O3S. The number of hydrogen-bond donors (Lipinski definition) is 3. The number of carboxylic acid groups (broad SMARTS) is 1. The molecule has 0 radical (unpaired) electrons. The molecule has 0 bridgehead atoms. The minimum absolute atomic E-state index is 0.0112. The van der Waals surface area contributed by atoms with Crippen molar-refractivity contribution in [2.24, 2.45) is 0 Å². The summed E-state index contributed by atoms with van der Waals surface area (Å²) in [5.74, 6) is -1.42. The zero-order valence-corrected chi connectivity index (χ0v) is 11.2. The third-order valence-electron chi connectivity index (χ3n) is 2.53. The molecule has 1 amide bonds. The highest BCUT2D eigenvalue weighted by Gasteiger charge is 2.16. The number of aryl methyl sites for hydroxylation is 1. The Balaban J connectivity index is 2.06. The predicted octanol–water partition coefficient (Wildman–Crippen LogP) is 1.97. The zero-order valence-electron chi connectivity index (χ0n) is 10.4. The van der Waals surface area contributed by atoms with Gasteiger partial charge in [-0.05, 0) is 19.9 Å². The van der Waals surface area contributed by atoms with E-state index in [1.165, 1.54) is 23.6 Å². The number of nitrogens with one attached hydrogen (secondary N) is 2. The van der Waals surface area contributed by atoms with E-state index in [2.05, 4.69) is 15.3 Å². The maximum atomic E-state index is 11.9. The molecule has 0 aliphatic heterocycles. The van der Waals surface area contributed by atoms with Crippen molar-refractivity contribution in [3.63, 3.8) is 0 Å². The van der Waals surface area contributed by atoms with E-state index in [1.807, 2.05) is 19.2 Å². The van der Waals surface area contributed by atoms with Crippen molar-refractivity contribution < 1.29 is 14.7 Å². The standard InChI is InChI=1S/C12H13N3O3S/c1-6-5-19-11(14-6)7(2)15-10(16)8-3-9(12(17)18)13-4-8/h3-5,7,13H,1-2H3,(H,15,16)(H,17,18). The molecule has 19 heavy (non-hydrogen) atoms. The molecule has 0 aliphatic rings. The molecule has 3 N–H and O–H groups in total. The van der Waals surface area contributed by atoms with Crippen LogP contribution in [-0.2, 0) is 0 Å². The highest BCUT2D eigenvalue weighted by atomic mass is 32.1. The second-order valence-corrected chi connectivity index (χ2v) is 5.02. The SMILES string of the molecule is Cc1csc(C(C)NC(=O)c2c[nH]c(C(=O)O)c2)n1. The number of carboxylic acids is 1. The van der Waals surface area contributed by atoms with Crippen LogP contribution < -0.4 is 5.32 Å². The van der Waals surface area contributed by atoms with Gasteiger partial charge in [0.1, 0.15) is 10.7 Å². The first kappa shape index (κ1) is 13.3. The molecule has 2 aromatic heterocycles. The van der Waals surface area contributed by atoms with E-state index in [0.29, 0.717) is 0 Å². The van der Waals surface area contributed by atoms with E-state index < -0.39 is 5.97 Å². The summed E-state index contributed by atoms with van der Waals surface area (Å²) in [6.07, 6.45) is 1.37. The van der Waals surface area contributed by atoms with Crippen LogP contribution in [0.5, 0.6) is 0 Å². The van der Waals surface area contributed by atoms with Crippen LogP contribution in [0.2, 0.25) is 0 Å². The van der Waals surface area contributed by atoms with Crippen LogP contribution in [0.3, 0.4) is 0 Å². The van der Waals surface area contributed by atoms with Crippen molar-refractivity contribution in [2.75, 3.05) is 0 Å². The first-order valence-electron chi connectivity index (χ1n) is 5.62. The second-order valence-electron chi connectivity index (χ2n) is 4.13. The molecule has 2 rings (SSSR count). The molecule has 6 nitrogen and oxygen atoms in total. The second kappa shape index (κ2) is 5.23. The van der Waals surface area contributed by atoms with Gasteiger partial charge in [0.05, 0.1) is 11.6 Å². The molecule has 0 fully saturated rings. The van der Waals surface area contributed by atoms with Gasteiger partial charge in [-0.2, -0.15) is 0 Å². The van der Waals surface area contributed by atoms with Crippen LogP contribution in [0, 0.1) is 6.92 Å². The Kier molecular flexibility index (Phi) is 3.66. The number of aromatic amines is 1. The topological polar surface area (TPSA) is 95.1 Å². The van der Waals surface area contributed by atoms with E-state index in [9.17, 15) is 9.59 Å². The molecule has 0 spiro atoms. The average molecular weight is 279 g/mol.